The van der Waals surface area contributed by atoms with Crippen molar-refractivity contribution in [3.05, 3.63) is 35.4 Å². The summed E-state index contributed by atoms with van der Waals surface area (Å²) in [6.07, 6.45) is 2.22. The van der Waals surface area contributed by atoms with Gasteiger partial charge in [-0.3, -0.25) is 0 Å². The molecule has 0 aliphatic carbocycles. The van der Waals surface area contributed by atoms with Gasteiger partial charge in [0.1, 0.15) is 10.5 Å². The van der Waals surface area contributed by atoms with Gasteiger partial charge in [0.05, 0.1) is 0 Å². The van der Waals surface area contributed by atoms with Gasteiger partial charge in [0.15, 0.2) is 0 Å². The Hall–Kier alpha value is -0.313. The van der Waals surface area contributed by atoms with Gasteiger partial charge in [-0.05, 0) is 24.0 Å². The molecule has 3 heteroatoms. The number of rotatable bonds is 5. The zero-order valence-electron chi connectivity index (χ0n) is 7.92. The Morgan fingerprint density at radius 3 is 2.31 bits per heavy atom. The van der Waals surface area contributed by atoms with Crippen molar-refractivity contribution in [2.45, 2.75) is 18.7 Å². The van der Waals surface area contributed by atoms with E-state index in [1.165, 1.54) is 11.1 Å². The number of aryl methyl sites for hydroxylation is 1. The van der Waals surface area contributed by atoms with Crippen LogP contribution < -0.4 is 0 Å². The monoisotopic (exact) mass is 214 g/mol. The molecule has 0 fully saturated rings. The number of halogens is 1. The van der Waals surface area contributed by atoms with Crippen LogP contribution in [0, 0.1) is 0 Å². The van der Waals surface area contributed by atoms with Gasteiger partial charge in [-0.25, -0.2) is 0 Å². The van der Waals surface area contributed by atoms with E-state index in [1.54, 1.807) is 0 Å². The van der Waals surface area contributed by atoms with Gasteiger partial charge in [-0.15, -0.1) is 11.6 Å². The third-order valence-electron chi connectivity index (χ3n) is 1.99. The first-order valence-electron chi connectivity index (χ1n) is 4.49. The molecular weight excluding hydrogens is 200 g/mol. The second-order valence-corrected chi connectivity index (χ2v) is 3.89. The van der Waals surface area contributed by atoms with Crippen molar-refractivity contribution in [1.82, 2.24) is 0 Å². The zero-order chi connectivity index (χ0) is 9.52. The van der Waals surface area contributed by atoms with Crippen molar-refractivity contribution in [1.29, 1.82) is 0 Å². The zero-order valence-corrected chi connectivity index (χ0v) is 10.7. The molecule has 0 saturated heterocycles. The molecule has 1 aromatic rings. The summed E-state index contributed by atoms with van der Waals surface area (Å²) in [4.78, 5) is 0. The van der Waals surface area contributed by atoms with Crippen LogP contribution in [0.5, 0.6) is 0 Å². The Bertz CT molecular complexity index is 235. The van der Waals surface area contributed by atoms with E-state index >= 15 is 0 Å². The number of alkyl halides is 1. The minimum absolute atomic E-state index is 0.601. The van der Waals surface area contributed by atoms with E-state index in [0.29, 0.717) is 5.88 Å². The van der Waals surface area contributed by atoms with Crippen molar-refractivity contribution in [2.75, 3.05) is 6.61 Å². The van der Waals surface area contributed by atoms with E-state index in [9.17, 15) is 0 Å². The lowest BCUT2D eigenvalue weighted by Crippen LogP contribution is -1.93. The number of benzene rings is 1. The minimum atomic E-state index is 0.601. The van der Waals surface area contributed by atoms with Gasteiger partial charge in [0, 0.05) is 12.5 Å². The predicted molar refractivity (Wildman–Crippen MR) is 60.2 cm³/mol. The highest BCUT2D eigenvalue weighted by molar-refractivity contribution is 6.17. The first-order chi connectivity index (χ1) is 6.36. The summed E-state index contributed by atoms with van der Waals surface area (Å²) in [5, 5.41) is 0. The quantitative estimate of drug-likeness (QED) is 0.412. The lowest BCUT2D eigenvalue weighted by atomic mass is 10.1. The van der Waals surface area contributed by atoms with E-state index in [2.05, 4.69) is 24.3 Å². The van der Waals surface area contributed by atoms with Gasteiger partial charge in [-0.1, -0.05) is 24.3 Å². The maximum absolute atomic E-state index is 5.69. The smallest absolute Gasteiger partial charge is 0.145 e. The molecule has 0 atom stereocenters. The average molecular weight is 215 g/mol. The molecule has 0 aliphatic rings. The molecule has 0 N–H and O–H groups in total. The van der Waals surface area contributed by atoms with E-state index in [-0.39, 0.29) is 0 Å². The summed E-state index contributed by atoms with van der Waals surface area (Å²) in [5.74, 6) is 0.601. The molecule has 0 saturated carbocycles. The Labute approximate surface area is 87.6 Å². The average Bonchev–Trinajstić information content (AvgIpc) is 2.19. The van der Waals surface area contributed by atoms with Gasteiger partial charge in [0.25, 0.3) is 0 Å². The van der Waals surface area contributed by atoms with Crippen molar-refractivity contribution in [3.8, 4) is 0 Å². The lowest BCUT2D eigenvalue weighted by molar-refractivity contribution is 0.341. The minimum Gasteiger partial charge on any atom is -0.428 e. The molecule has 0 amide bonds. The van der Waals surface area contributed by atoms with Crippen LogP contribution in [0.4, 0.5) is 0 Å². The number of hydrogen-bond acceptors (Lipinski definition) is 1. The normalized spacial score (nSPS) is 10.5. The SMILES string of the molecule is [SiH3]OCCCc1ccc(CCl)cc1. The summed E-state index contributed by atoms with van der Waals surface area (Å²) in [6.45, 7) is 0.892. The van der Waals surface area contributed by atoms with Crippen LogP contribution in [0.2, 0.25) is 0 Å². The molecule has 0 radical (unpaired) electrons. The van der Waals surface area contributed by atoms with Crippen LogP contribution in [-0.4, -0.2) is 17.1 Å². The maximum atomic E-state index is 5.69. The summed E-state index contributed by atoms with van der Waals surface area (Å²) in [7, 11) is 0.847. The van der Waals surface area contributed by atoms with E-state index in [4.69, 9.17) is 16.0 Å². The molecule has 0 aliphatic heterocycles. The van der Waals surface area contributed by atoms with Crippen molar-refractivity contribution in [3.63, 3.8) is 0 Å². The highest BCUT2D eigenvalue weighted by Crippen LogP contribution is 2.08. The van der Waals surface area contributed by atoms with Crippen LogP contribution in [0.1, 0.15) is 17.5 Å². The van der Waals surface area contributed by atoms with Gasteiger partial charge in [-0.2, -0.15) is 0 Å². The van der Waals surface area contributed by atoms with Crippen molar-refractivity contribution < 1.29 is 4.43 Å². The largest absolute Gasteiger partial charge is 0.428 e. The first kappa shape index (κ1) is 10.8. The van der Waals surface area contributed by atoms with Crippen LogP contribution in [0.15, 0.2) is 24.3 Å². The second kappa shape index (κ2) is 6.19. The van der Waals surface area contributed by atoms with E-state index in [1.807, 2.05) is 0 Å². The summed E-state index contributed by atoms with van der Waals surface area (Å²) < 4.78 is 5.13. The van der Waals surface area contributed by atoms with Crippen LogP contribution in [0.3, 0.4) is 0 Å². The maximum Gasteiger partial charge on any atom is 0.145 e. The third kappa shape index (κ3) is 3.94. The molecule has 0 unspecified atom stereocenters. The highest BCUT2D eigenvalue weighted by Gasteiger charge is 1.93. The summed E-state index contributed by atoms with van der Waals surface area (Å²) >= 11 is 5.69. The highest BCUT2D eigenvalue weighted by atomic mass is 35.5. The van der Waals surface area contributed by atoms with Gasteiger partial charge >= 0.3 is 0 Å². The van der Waals surface area contributed by atoms with Crippen molar-refractivity contribution in [2.24, 2.45) is 0 Å². The fraction of sp³-hybridized carbons (Fsp3) is 0.400. The summed E-state index contributed by atoms with van der Waals surface area (Å²) in [5.41, 5.74) is 2.55. The number of hydrogen-bond donors (Lipinski definition) is 0. The Morgan fingerprint density at radius 1 is 1.15 bits per heavy atom. The Morgan fingerprint density at radius 2 is 1.77 bits per heavy atom. The predicted octanol–water partition coefficient (Wildman–Crippen LogP) is 1.66. The first-order valence-corrected chi connectivity index (χ1v) is 5.84. The molecule has 0 bridgehead atoms. The molecule has 13 heavy (non-hydrogen) atoms. The molecule has 1 aromatic carbocycles. The van der Waals surface area contributed by atoms with Crippen LogP contribution in [0.25, 0.3) is 0 Å². The van der Waals surface area contributed by atoms with Crippen LogP contribution >= 0.6 is 11.6 Å². The molecule has 72 valence electrons. The standard InChI is InChI=1S/C10H15ClOSi/c11-8-10-5-3-9(4-6-10)2-1-7-12-13/h3-6H,1-2,7-8H2,13H3. The molecule has 0 heterocycles. The van der Waals surface area contributed by atoms with Crippen LogP contribution in [-0.2, 0) is 16.7 Å². The Balaban J connectivity index is 2.40. The molecule has 0 spiro atoms. The topological polar surface area (TPSA) is 9.23 Å². The second-order valence-electron chi connectivity index (χ2n) is 3.05. The lowest BCUT2D eigenvalue weighted by Gasteiger charge is -2.01. The fourth-order valence-corrected chi connectivity index (χ4v) is 1.68. The van der Waals surface area contributed by atoms with Gasteiger partial charge in [0.2, 0.25) is 0 Å². The molecule has 0 aromatic heterocycles. The summed E-state index contributed by atoms with van der Waals surface area (Å²) in [6, 6.07) is 8.46. The van der Waals surface area contributed by atoms with E-state index in [0.717, 1.165) is 29.9 Å². The molecular formula is C10H15ClOSi. The fourth-order valence-electron chi connectivity index (χ4n) is 1.22. The molecule has 1 rings (SSSR count). The van der Waals surface area contributed by atoms with Crippen molar-refractivity contribution >= 4 is 22.1 Å². The van der Waals surface area contributed by atoms with E-state index < -0.39 is 0 Å². The molecule has 1 nitrogen and oxygen atoms in total. The third-order valence-corrected chi connectivity index (χ3v) is 2.71. The Kier molecular flexibility index (Phi) is 5.12. The van der Waals surface area contributed by atoms with Gasteiger partial charge < -0.3 is 4.43 Å².